The second-order valence-corrected chi connectivity index (χ2v) is 11.9. The SMILES string of the molecule is CC1CC[C@H](C(=O)N(c2cc(C#CC(C)(C)C)sc2C(=O)O)C2CCC(O)CC2)[C@@H](C)C1. The molecule has 3 rings (SSSR count). The molecule has 1 aromatic heterocycles. The zero-order valence-corrected chi connectivity index (χ0v) is 20.8. The van der Waals surface area contributed by atoms with Gasteiger partial charge < -0.3 is 15.1 Å². The van der Waals surface area contributed by atoms with Crippen LogP contribution in [0.1, 0.15) is 94.1 Å². The zero-order chi connectivity index (χ0) is 23.6. The second-order valence-electron chi connectivity index (χ2n) is 10.8. The Bertz CT molecular complexity index is 895. The van der Waals surface area contributed by atoms with E-state index in [1.807, 2.05) is 20.8 Å². The lowest BCUT2D eigenvalue weighted by molar-refractivity contribution is -0.126. The molecule has 2 saturated carbocycles. The molecule has 0 saturated heterocycles. The number of thiophene rings is 1. The van der Waals surface area contributed by atoms with Gasteiger partial charge in [0.1, 0.15) is 4.88 Å². The number of hydrogen-bond donors (Lipinski definition) is 2. The van der Waals surface area contributed by atoms with Crippen LogP contribution in [-0.2, 0) is 4.79 Å². The normalized spacial score (nSPS) is 28.5. The van der Waals surface area contributed by atoms with Crippen LogP contribution in [-0.4, -0.2) is 34.2 Å². The Hall–Kier alpha value is -1.84. The molecule has 1 aromatic rings. The molecule has 0 radical (unpaired) electrons. The van der Waals surface area contributed by atoms with E-state index in [0.29, 0.717) is 42.2 Å². The van der Waals surface area contributed by atoms with Crippen molar-refractivity contribution in [3.05, 3.63) is 15.8 Å². The van der Waals surface area contributed by atoms with Gasteiger partial charge in [0, 0.05) is 17.4 Å². The van der Waals surface area contributed by atoms with Crippen molar-refractivity contribution in [3.8, 4) is 11.8 Å². The van der Waals surface area contributed by atoms with Crippen LogP contribution in [0.2, 0.25) is 0 Å². The lowest BCUT2D eigenvalue weighted by Crippen LogP contribution is -2.48. The lowest BCUT2D eigenvalue weighted by atomic mass is 9.74. The van der Waals surface area contributed by atoms with E-state index in [4.69, 9.17) is 0 Å². The molecule has 0 aliphatic heterocycles. The molecule has 1 heterocycles. The van der Waals surface area contributed by atoms with Crippen molar-refractivity contribution in [2.75, 3.05) is 4.90 Å². The summed E-state index contributed by atoms with van der Waals surface area (Å²) < 4.78 is 0. The fourth-order valence-electron chi connectivity index (χ4n) is 5.05. The third kappa shape index (κ3) is 5.94. The smallest absolute Gasteiger partial charge is 0.348 e. The van der Waals surface area contributed by atoms with Crippen molar-refractivity contribution < 1.29 is 19.8 Å². The lowest BCUT2D eigenvalue weighted by Gasteiger charge is -2.40. The van der Waals surface area contributed by atoms with Crippen LogP contribution in [0.15, 0.2) is 6.07 Å². The van der Waals surface area contributed by atoms with E-state index in [9.17, 15) is 19.8 Å². The third-order valence-corrected chi connectivity index (χ3v) is 7.77. The van der Waals surface area contributed by atoms with Crippen LogP contribution >= 0.6 is 11.3 Å². The minimum atomic E-state index is -1.02. The maximum absolute atomic E-state index is 13.9. The van der Waals surface area contributed by atoms with Crippen LogP contribution in [0.25, 0.3) is 0 Å². The third-order valence-electron chi connectivity index (χ3n) is 6.74. The molecule has 1 unspecified atom stereocenters. The number of aliphatic hydroxyl groups excluding tert-OH is 1. The number of rotatable bonds is 4. The second kappa shape index (κ2) is 9.97. The number of hydrogen-bond acceptors (Lipinski definition) is 4. The van der Waals surface area contributed by atoms with Gasteiger partial charge >= 0.3 is 5.97 Å². The maximum Gasteiger partial charge on any atom is 0.348 e. The number of carbonyl (C=O) groups excluding carboxylic acids is 1. The Labute approximate surface area is 196 Å². The van der Waals surface area contributed by atoms with Gasteiger partial charge in [0.15, 0.2) is 0 Å². The average Bonchev–Trinajstić information content (AvgIpc) is 3.12. The molecule has 0 aromatic carbocycles. The van der Waals surface area contributed by atoms with E-state index < -0.39 is 5.97 Å². The number of aliphatic hydroxyl groups is 1. The first-order valence-electron chi connectivity index (χ1n) is 11.9. The summed E-state index contributed by atoms with van der Waals surface area (Å²) in [7, 11) is 0. The van der Waals surface area contributed by atoms with E-state index in [-0.39, 0.29) is 40.2 Å². The summed E-state index contributed by atoms with van der Waals surface area (Å²) >= 11 is 1.15. The van der Waals surface area contributed by atoms with Crippen molar-refractivity contribution in [3.63, 3.8) is 0 Å². The number of anilines is 1. The highest BCUT2D eigenvalue weighted by Gasteiger charge is 2.39. The summed E-state index contributed by atoms with van der Waals surface area (Å²) in [4.78, 5) is 28.7. The van der Waals surface area contributed by atoms with Gasteiger partial charge in [-0.2, -0.15) is 0 Å². The van der Waals surface area contributed by atoms with Gasteiger partial charge in [-0.25, -0.2) is 4.79 Å². The van der Waals surface area contributed by atoms with Crippen molar-refractivity contribution in [1.29, 1.82) is 0 Å². The van der Waals surface area contributed by atoms with Gasteiger partial charge in [-0.15, -0.1) is 11.3 Å². The first-order chi connectivity index (χ1) is 15.0. The first-order valence-corrected chi connectivity index (χ1v) is 12.7. The summed E-state index contributed by atoms with van der Waals surface area (Å²) in [6, 6.07) is 1.71. The van der Waals surface area contributed by atoms with E-state index in [1.54, 1.807) is 11.0 Å². The van der Waals surface area contributed by atoms with Crippen molar-refractivity contribution in [2.24, 2.45) is 23.2 Å². The molecule has 0 spiro atoms. The zero-order valence-electron chi connectivity index (χ0n) is 20.0. The molecule has 5 nitrogen and oxygen atoms in total. The minimum Gasteiger partial charge on any atom is -0.477 e. The Kier molecular flexibility index (Phi) is 7.73. The van der Waals surface area contributed by atoms with Crippen LogP contribution < -0.4 is 4.90 Å². The Morgan fingerprint density at radius 1 is 1.09 bits per heavy atom. The Morgan fingerprint density at radius 3 is 2.31 bits per heavy atom. The summed E-state index contributed by atoms with van der Waals surface area (Å²) in [5.41, 5.74) is 0.287. The highest BCUT2D eigenvalue weighted by atomic mass is 32.1. The number of amides is 1. The molecular formula is C26H37NO4S. The molecule has 32 heavy (non-hydrogen) atoms. The molecule has 176 valence electrons. The largest absolute Gasteiger partial charge is 0.477 e. The van der Waals surface area contributed by atoms with Crippen molar-refractivity contribution in [1.82, 2.24) is 0 Å². The number of carboxylic acid groups (broad SMARTS) is 1. The molecule has 2 N–H and O–H groups in total. The van der Waals surface area contributed by atoms with Crippen molar-refractivity contribution in [2.45, 2.75) is 91.7 Å². The van der Waals surface area contributed by atoms with Gasteiger partial charge in [0.2, 0.25) is 5.91 Å². The molecule has 3 atom stereocenters. The topological polar surface area (TPSA) is 77.8 Å². The summed E-state index contributed by atoms with van der Waals surface area (Å²) in [5, 5.41) is 20.0. The standard InChI is InChI=1S/C26H37NO4S/c1-16-6-11-21(17(2)14-16)24(29)27(18-7-9-19(28)10-8-18)22-15-20(12-13-26(3,4)5)32-23(22)25(30)31/h15-19,21,28H,6-11,14H2,1-5H3,(H,30,31)/t16?,17-,18?,19?,21-/m0/s1. The maximum atomic E-state index is 13.9. The molecule has 2 aliphatic rings. The fraction of sp³-hybridized carbons (Fsp3) is 0.692. The highest BCUT2D eigenvalue weighted by Crippen LogP contribution is 2.40. The summed E-state index contributed by atoms with van der Waals surface area (Å²) in [5.74, 6) is 6.12. The molecule has 1 amide bonds. The van der Waals surface area contributed by atoms with Crippen LogP contribution in [0.5, 0.6) is 0 Å². The molecular weight excluding hydrogens is 422 g/mol. The van der Waals surface area contributed by atoms with Crippen molar-refractivity contribution >= 4 is 28.9 Å². The molecule has 6 heteroatoms. The van der Waals surface area contributed by atoms with E-state index >= 15 is 0 Å². The number of aromatic carboxylic acids is 1. The summed E-state index contributed by atoms with van der Waals surface area (Å²) in [6.07, 6.45) is 5.18. The minimum absolute atomic E-state index is 0.0430. The highest BCUT2D eigenvalue weighted by molar-refractivity contribution is 7.15. The van der Waals surface area contributed by atoms with Crippen LogP contribution in [0.3, 0.4) is 0 Å². The van der Waals surface area contributed by atoms with Gasteiger partial charge in [0.25, 0.3) is 0 Å². The predicted octanol–water partition coefficient (Wildman–Crippen LogP) is 5.55. The Morgan fingerprint density at radius 2 is 1.75 bits per heavy atom. The number of carboxylic acids is 1. The van der Waals surface area contributed by atoms with Crippen LogP contribution in [0.4, 0.5) is 5.69 Å². The quantitative estimate of drug-likeness (QED) is 0.579. The molecule has 0 bridgehead atoms. The number of nitrogens with zero attached hydrogens (tertiary/aromatic N) is 1. The number of carbonyl (C=O) groups is 2. The first kappa shape index (κ1) is 24.8. The summed E-state index contributed by atoms with van der Waals surface area (Å²) in [6.45, 7) is 10.4. The monoisotopic (exact) mass is 459 g/mol. The molecule has 2 aliphatic carbocycles. The van der Waals surface area contributed by atoms with Crippen LogP contribution in [0, 0.1) is 35.0 Å². The van der Waals surface area contributed by atoms with E-state index in [1.165, 1.54) is 0 Å². The Balaban J connectivity index is 2.02. The van der Waals surface area contributed by atoms with E-state index in [2.05, 4.69) is 25.7 Å². The average molecular weight is 460 g/mol. The fourth-order valence-corrected chi connectivity index (χ4v) is 5.89. The van der Waals surface area contributed by atoms with Gasteiger partial charge in [0.05, 0.1) is 16.7 Å². The van der Waals surface area contributed by atoms with E-state index in [0.717, 1.165) is 30.6 Å². The van der Waals surface area contributed by atoms with Gasteiger partial charge in [-0.3, -0.25) is 4.79 Å². The van der Waals surface area contributed by atoms with Gasteiger partial charge in [-0.1, -0.05) is 25.7 Å². The van der Waals surface area contributed by atoms with Gasteiger partial charge in [-0.05, 0) is 83.6 Å². The predicted molar refractivity (Wildman–Crippen MR) is 129 cm³/mol. The molecule has 2 fully saturated rings.